The zero-order valence-electron chi connectivity index (χ0n) is 10.2. The highest BCUT2D eigenvalue weighted by atomic mass is 35.5. The van der Waals surface area contributed by atoms with Gasteiger partial charge in [0.1, 0.15) is 0 Å². The van der Waals surface area contributed by atoms with Crippen LogP contribution in [-0.4, -0.2) is 25.7 Å². The van der Waals surface area contributed by atoms with E-state index >= 15 is 0 Å². The molecule has 0 radical (unpaired) electrons. The number of alkyl carbamates (subject to hydrolysis) is 1. The number of ether oxygens (including phenoxy) is 1. The number of aliphatic imine (C=N–C) groups is 1. The van der Waals surface area contributed by atoms with E-state index in [2.05, 4.69) is 20.4 Å². The van der Waals surface area contributed by atoms with Gasteiger partial charge in [-0.25, -0.2) is 9.79 Å². The molecule has 2 N–H and O–H groups in total. The normalized spacial score (nSPS) is 18.3. The van der Waals surface area contributed by atoms with Crippen LogP contribution in [-0.2, 0) is 4.74 Å². The van der Waals surface area contributed by atoms with Gasteiger partial charge >= 0.3 is 6.09 Å². The van der Waals surface area contributed by atoms with Gasteiger partial charge in [-0.3, -0.25) is 5.32 Å². The van der Waals surface area contributed by atoms with E-state index in [1.807, 2.05) is 0 Å². The minimum Gasteiger partial charge on any atom is -0.453 e. The van der Waals surface area contributed by atoms with Crippen molar-refractivity contribution in [2.45, 2.75) is 12.5 Å². The number of methoxy groups -OCH3 is 1. The van der Waals surface area contributed by atoms with Crippen LogP contribution in [0.25, 0.3) is 0 Å². The third-order valence-corrected chi connectivity index (χ3v) is 3.30. The summed E-state index contributed by atoms with van der Waals surface area (Å²) in [6.07, 6.45) is 0.205. The third-order valence-electron chi connectivity index (χ3n) is 2.72. The molecule has 0 bridgehead atoms. The van der Waals surface area contributed by atoms with Gasteiger partial charge < -0.3 is 10.1 Å². The molecule has 1 aliphatic heterocycles. The summed E-state index contributed by atoms with van der Waals surface area (Å²) >= 11 is 12.1. The monoisotopic (exact) mass is 301 g/mol. The number of nitrogens with one attached hydrogen (secondary N) is 2. The van der Waals surface area contributed by atoms with Gasteiger partial charge in [0.15, 0.2) is 0 Å². The third kappa shape index (κ3) is 3.52. The summed E-state index contributed by atoms with van der Waals surface area (Å²) in [5.41, 5.74) is 0.847. The average molecular weight is 302 g/mol. The predicted molar refractivity (Wildman–Crippen MR) is 74.8 cm³/mol. The summed E-state index contributed by atoms with van der Waals surface area (Å²) in [6.45, 7) is 0.677. The number of carbonyl (C=O) groups is 1. The SMILES string of the molecule is COC(=O)NC1=NC(c2cc(Cl)ccc2Cl)CCN1. The van der Waals surface area contributed by atoms with E-state index in [1.165, 1.54) is 7.11 Å². The minimum absolute atomic E-state index is 0.139. The summed E-state index contributed by atoms with van der Waals surface area (Å²) in [5.74, 6) is 0.374. The van der Waals surface area contributed by atoms with E-state index in [-0.39, 0.29) is 6.04 Å². The molecule has 0 saturated carbocycles. The van der Waals surface area contributed by atoms with Crippen LogP contribution >= 0.6 is 23.2 Å². The molecule has 1 unspecified atom stereocenters. The van der Waals surface area contributed by atoms with Gasteiger partial charge in [-0.1, -0.05) is 23.2 Å². The van der Waals surface area contributed by atoms with E-state index in [0.29, 0.717) is 22.5 Å². The maximum Gasteiger partial charge on any atom is 0.413 e. The number of hydrogen-bond acceptors (Lipinski definition) is 4. The predicted octanol–water partition coefficient (Wildman–Crippen LogP) is 2.74. The van der Waals surface area contributed by atoms with Gasteiger partial charge in [0, 0.05) is 16.6 Å². The maximum absolute atomic E-state index is 11.1. The number of guanidine groups is 1. The minimum atomic E-state index is -0.566. The highest BCUT2D eigenvalue weighted by Gasteiger charge is 2.20. The zero-order valence-corrected chi connectivity index (χ0v) is 11.8. The largest absolute Gasteiger partial charge is 0.453 e. The smallest absolute Gasteiger partial charge is 0.413 e. The molecule has 1 atom stereocenters. The summed E-state index contributed by atoms with van der Waals surface area (Å²) < 4.78 is 4.52. The fourth-order valence-corrected chi connectivity index (χ4v) is 2.24. The van der Waals surface area contributed by atoms with Gasteiger partial charge in [-0.05, 0) is 30.2 Å². The lowest BCUT2D eigenvalue weighted by molar-refractivity contribution is 0.176. The van der Waals surface area contributed by atoms with E-state index in [0.717, 1.165) is 12.0 Å². The van der Waals surface area contributed by atoms with E-state index < -0.39 is 6.09 Å². The molecular weight excluding hydrogens is 289 g/mol. The van der Waals surface area contributed by atoms with Crippen molar-refractivity contribution in [1.29, 1.82) is 0 Å². The van der Waals surface area contributed by atoms with Crippen molar-refractivity contribution in [2.75, 3.05) is 13.7 Å². The highest BCUT2D eigenvalue weighted by molar-refractivity contribution is 6.33. The first-order chi connectivity index (χ1) is 9.10. The van der Waals surface area contributed by atoms with Gasteiger partial charge in [-0.2, -0.15) is 0 Å². The fraction of sp³-hybridized carbons (Fsp3) is 0.333. The second-order valence-corrected chi connectivity index (χ2v) is 4.84. The molecule has 0 saturated heterocycles. The number of amides is 1. The quantitative estimate of drug-likeness (QED) is 0.838. The number of rotatable bonds is 1. The summed E-state index contributed by atoms with van der Waals surface area (Å²) in [4.78, 5) is 15.5. The van der Waals surface area contributed by atoms with Crippen LogP contribution < -0.4 is 10.6 Å². The maximum atomic E-state index is 11.1. The Kier molecular flexibility index (Phi) is 4.50. The van der Waals surface area contributed by atoms with Crippen LogP contribution in [0.5, 0.6) is 0 Å². The Morgan fingerprint density at radius 1 is 1.53 bits per heavy atom. The first-order valence-corrected chi connectivity index (χ1v) is 6.47. The highest BCUT2D eigenvalue weighted by Crippen LogP contribution is 2.31. The first kappa shape index (κ1) is 14.0. The molecule has 1 amide bonds. The Morgan fingerprint density at radius 2 is 2.32 bits per heavy atom. The Labute approximate surface area is 120 Å². The van der Waals surface area contributed by atoms with Crippen molar-refractivity contribution in [2.24, 2.45) is 4.99 Å². The molecule has 0 spiro atoms. The van der Waals surface area contributed by atoms with Crippen molar-refractivity contribution in [3.05, 3.63) is 33.8 Å². The lowest BCUT2D eigenvalue weighted by atomic mass is 10.0. The summed E-state index contributed by atoms with van der Waals surface area (Å²) in [5, 5.41) is 6.70. The summed E-state index contributed by atoms with van der Waals surface area (Å²) in [6, 6.07) is 5.12. The number of hydrogen-bond donors (Lipinski definition) is 2. The molecule has 0 fully saturated rings. The molecule has 2 rings (SSSR count). The van der Waals surface area contributed by atoms with Crippen molar-refractivity contribution < 1.29 is 9.53 Å². The van der Waals surface area contributed by atoms with Crippen LogP contribution in [0.1, 0.15) is 18.0 Å². The molecule has 7 heteroatoms. The van der Waals surface area contributed by atoms with Gasteiger partial charge in [0.2, 0.25) is 5.96 Å². The lowest BCUT2D eigenvalue weighted by Crippen LogP contribution is -2.44. The molecule has 1 aromatic carbocycles. The van der Waals surface area contributed by atoms with Crippen molar-refractivity contribution >= 4 is 35.3 Å². The van der Waals surface area contributed by atoms with E-state index in [1.54, 1.807) is 18.2 Å². The molecule has 1 aliphatic rings. The number of halogens is 2. The Balaban J connectivity index is 2.22. The Morgan fingerprint density at radius 3 is 3.05 bits per heavy atom. The molecule has 5 nitrogen and oxygen atoms in total. The van der Waals surface area contributed by atoms with Crippen LogP contribution in [0, 0.1) is 0 Å². The number of nitrogens with zero attached hydrogens (tertiary/aromatic N) is 1. The molecular formula is C12H13Cl2N3O2. The summed E-state index contributed by atoms with van der Waals surface area (Å²) in [7, 11) is 1.30. The zero-order chi connectivity index (χ0) is 13.8. The van der Waals surface area contributed by atoms with E-state index in [4.69, 9.17) is 23.2 Å². The second kappa shape index (κ2) is 6.12. The standard InChI is InChI=1S/C12H13Cl2N3O2/c1-19-12(18)17-11-15-5-4-10(16-11)8-6-7(13)2-3-9(8)14/h2-3,6,10H,4-5H2,1H3,(H2,15,16,17,18). The molecule has 1 heterocycles. The Hall–Kier alpha value is -1.46. The van der Waals surface area contributed by atoms with Crippen molar-refractivity contribution in [1.82, 2.24) is 10.6 Å². The van der Waals surface area contributed by atoms with Gasteiger partial charge in [0.25, 0.3) is 0 Å². The van der Waals surface area contributed by atoms with Crippen LogP contribution in [0.4, 0.5) is 4.79 Å². The molecule has 0 aliphatic carbocycles. The molecule has 0 aromatic heterocycles. The van der Waals surface area contributed by atoms with Gasteiger partial charge in [-0.15, -0.1) is 0 Å². The van der Waals surface area contributed by atoms with Crippen LogP contribution in [0.15, 0.2) is 23.2 Å². The average Bonchev–Trinajstić information content (AvgIpc) is 2.41. The van der Waals surface area contributed by atoms with Crippen molar-refractivity contribution in [3.63, 3.8) is 0 Å². The Bertz CT molecular complexity index is 520. The first-order valence-electron chi connectivity index (χ1n) is 5.71. The fourth-order valence-electron chi connectivity index (χ4n) is 1.81. The lowest BCUT2D eigenvalue weighted by Gasteiger charge is -2.23. The molecule has 1 aromatic rings. The topological polar surface area (TPSA) is 62.7 Å². The number of benzene rings is 1. The molecule has 19 heavy (non-hydrogen) atoms. The van der Waals surface area contributed by atoms with Gasteiger partial charge in [0.05, 0.1) is 13.2 Å². The number of carbonyl (C=O) groups excluding carboxylic acids is 1. The molecule has 102 valence electrons. The van der Waals surface area contributed by atoms with Crippen LogP contribution in [0.2, 0.25) is 10.0 Å². The van der Waals surface area contributed by atoms with Crippen LogP contribution in [0.3, 0.4) is 0 Å². The van der Waals surface area contributed by atoms with E-state index in [9.17, 15) is 4.79 Å². The van der Waals surface area contributed by atoms with Crippen molar-refractivity contribution in [3.8, 4) is 0 Å². The second-order valence-electron chi connectivity index (χ2n) is 3.99.